The molecule has 0 spiro atoms. The molecule has 1 rings (SSSR count). The van der Waals surface area contributed by atoms with Gasteiger partial charge in [-0.25, -0.2) is 0 Å². The van der Waals surface area contributed by atoms with E-state index in [4.69, 9.17) is 16.3 Å². The van der Waals surface area contributed by atoms with Gasteiger partial charge in [0.05, 0.1) is 6.61 Å². The molecule has 2 nitrogen and oxygen atoms in total. The van der Waals surface area contributed by atoms with Gasteiger partial charge in [0.25, 0.3) is 0 Å². The number of thioether (sulfide) groups is 1. The summed E-state index contributed by atoms with van der Waals surface area (Å²) in [4.78, 5) is 12.4. The van der Waals surface area contributed by atoms with Crippen LogP contribution in [-0.2, 0) is 9.53 Å². The molecule has 1 atom stereocenters. The van der Waals surface area contributed by atoms with Crippen LogP contribution in [0.3, 0.4) is 0 Å². The Hall–Kier alpha value is -0.670. The minimum absolute atomic E-state index is 0.183. The van der Waals surface area contributed by atoms with Gasteiger partial charge < -0.3 is 4.74 Å². The molecule has 0 saturated carbocycles. The molecule has 0 heterocycles. The van der Waals surface area contributed by atoms with E-state index in [9.17, 15) is 4.79 Å². The van der Waals surface area contributed by atoms with E-state index in [1.165, 1.54) is 11.8 Å². The third-order valence-electron chi connectivity index (χ3n) is 1.75. The Morgan fingerprint density at radius 3 is 2.60 bits per heavy atom. The Bertz CT molecular complexity index is 324. The zero-order chi connectivity index (χ0) is 11.3. The van der Waals surface area contributed by atoms with Gasteiger partial charge in [0.15, 0.2) is 0 Å². The van der Waals surface area contributed by atoms with E-state index in [0.29, 0.717) is 11.6 Å². The molecule has 0 bridgehead atoms. The Morgan fingerprint density at radius 1 is 1.47 bits per heavy atom. The Kier molecular flexibility index (Phi) is 4.99. The summed E-state index contributed by atoms with van der Waals surface area (Å²) in [6, 6.07) is 7.40. The second-order valence-corrected chi connectivity index (χ2v) is 4.82. The highest BCUT2D eigenvalue weighted by atomic mass is 35.5. The second-order valence-electron chi connectivity index (χ2n) is 2.97. The molecule has 0 aliphatic rings. The van der Waals surface area contributed by atoms with E-state index >= 15 is 0 Å². The Balaban J connectivity index is 2.54. The van der Waals surface area contributed by atoms with Crippen molar-refractivity contribution >= 4 is 29.3 Å². The number of hydrogen-bond acceptors (Lipinski definition) is 3. The molecule has 15 heavy (non-hydrogen) atoms. The van der Waals surface area contributed by atoms with E-state index < -0.39 is 0 Å². The summed E-state index contributed by atoms with van der Waals surface area (Å²) in [7, 11) is 0. The first-order valence-electron chi connectivity index (χ1n) is 4.72. The van der Waals surface area contributed by atoms with Gasteiger partial charge in [-0.2, -0.15) is 0 Å². The topological polar surface area (TPSA) is 26.3 Å². The molecule has 1 aromatic rings. The first-order chi connectivity index (χ1) is 7.13. The van der Waals surface area contributed by atoms with Crippen LogP contribution < -0.4 is 0 Å². The summed E-state index contributed by atoms with van der Waals surface area (Å²) < 4.78 is 4.91. The number of esters is 1. The van der Waals surface area contributed by atoms with Crippen LogP contribution in [0.2, 0.25) is 5.02 Å². The summed E-state index contributed by atoms with van der Waals surface area (Å²) >= 11 is 7.23. The molecule has 0 aromatic heterocycles. The molecule has 0 unspecified atom stereocenters. The van der Waals surface area contributed by atoms with Crippen LogP contribution in [0.4, 0.5) is 0 Å². The van der Waals surface area contributed by atoms with Crippen molar-refractivity contribution in [1.82, 2.24) is 0 Å². The number of hydrogen-bond donors (Lipinski definition) is 0. The van der Waals surface area contributed by atoms with Crippen molar-refractivity contribution in [3.8, 4) is 0 Å². The SMILES string of the molecule is CCOC(=O)[C@H](C)Sc1ccc(Cl)cc1. The van der Waals surface area contributed by atoms with Gasteiger partial charge in [-0.15, -0.1) is 11.8 Å². The van der Waals surface area contributed by atoms with Crippen LogP contribution >= 0.6 is 23.4 Å². The summed E-state index contributed by atoms with van der Waals surface area (Å²) in [5, 5.41) is 0.509. The second kappa shape index (κ2) is 6.03. The number of carbonyl (C=O) groups is 1. The average molecular weight is 245 g/mol. The summed E-state index contributed by atoms with van der Waals surface area (Å²) in [5.74, 6) is -0.183. The lowest BCUT2D eigenvalue weighted by Gasteiger charge is -2.09. The summed E-state index contributed by atoms with van der Waals surface area (Å²) in [6.45, 7) is 4.05. The number of benzene rings is 1. The smallest absolute Gasteiger partial charge is 0.319 e. The van der Waals surface area contributed by atoms with Crippen LogP contribution in [0.15, 0.2) is 29.2 Å². The molecule has 0 radical (unpaired) electrons. The monoisotopic (exact) mass is 244 g/mol. The molecule has 0 aliphatic heterocycles. The van der Waals surface area contributed by atoms with Crippen molar-refractivity contribution < 1.29 is 9.53 Å². The molecular weight excluding hydrogens is 232 g/mol. The van der Waals surface area contributed by atoms with Gasteiger partial charge in [0.1, 0.15) is 5.25 Å². The van der Waals surface area contributed by atoms with Crippen LogP contribution in [0.1, 0.15) is 13.8 Å². The maximum Gasteiger partial charge on any atom is 0.319 e. The lowest BCUT2D eigenvalue weighted by atomic mass is 10.4. The van der Waals surface area contributed by atoms with Crippen molar-refractivity contribution in [2.75, 3.05) is 6.61 Å². The summed E-state index contributed by atoms with van der Waals surface area (Å²) in [6.07, 6.45) is 0. The van der Waals surface area contributed by atoms with Gasteiger partial charge >= 0.3 is 5.97 Å². The van der Waals surface area contributed by atoms with Crippen molar-refractivity contribution in [2.24, 2.45) is 0 Å². The van der Waals surface area contributed by atoms with Gasteiger partial charge in [-0.1, -0.05) is 11.6 Å². The molecule has 0 N–H and O–H groups in total. The van der Waals surface area contributed by atoms with Gasteiger partial charge in [-0.3, -0.25) is 4.79 Å². The van der Waals surface area contributed by atoms with E-state index in [1.807, 2.05) is 31.2 Å². The number of rotatable bonds is 4. The fourth-order valence-electron chi connectivity index (χ4n) is 1.03. The molecule has 0 amide bonds. The number of halogens is 1. The molecule has 0 saturated heterocycles. The minimum atomic E-state index is -0.189. The van der Waals surface area contributed by atoms with Crippen molar-refractivity contribution in [2.45, 2.75) is 24.0 Å². The largest absolute Gasteiger partial charge is 0.465 e. The minimum Gasteiger partial charge on any atom is -0.465 e. The van der Waals surface area contributed by atoms with Crippen LogP contribution in [0.25, 0.3) is 0 Å². The molecular formula is C11H13ClO2S. The number of ether oxygens (including phenoxy) is 1. The molecule has 0 aliphatic carbocycles. The highest BCUT2D eigenvalue weighted by Crippen LogP contribution is 2.25. The average Bonchev–Trinajstić information content (AvgIpc) is 2.22. The fraction of sp³-hybridized carbons (Fsp3) is 0.364. The van der Waals surface area contributed by atoms with Crippen LogP contribution in [0.5, 0.6) is 0 Å². The van der Waals surface area contributed by atoms with E-state index in [2.05, 4.69) is 0 Å². The zero-order valence-corrected chi connectivity index (χ0v) is 10.3. The van der Waals surface area contributed by atoms with E-state index in [-0.39, 0.29) is 11.2 Å². The van der Waals surface area contributed by atoms with Gasteiger partial charge in [-0.05, 0) is 38.1 Å². The Labute approximate surface area is 99.0 Å². The zero-order valence-electron chi connectivity index (χ0n) is 8.70. The first-order valence-corrected chi connectivity index (χ1v) is 5.98. The molecule has 4 heteroatoms. The maximum absolute atomic E-state index is 11.3. The third kappa shape index (κ3) is 4.14. The highest BCUT2D eigenvalue weighted by Gasteiger charge is 2.14. The molecule has 0 fully saturated rings. The Morgan fingerprint density at radius 2 is 2.07 bits per heavy atom. The first kappa shape index (κ1) is 12.4. The fourth-order valence-corrected chi connectivity index (χ4v) is 2.02. The van der Waals surface area contributed by atoms with Crippen molar-refractivity contribution in [1.29, 1.82) is 0 Å². The lowest BCUT2D eigenvalue weighted by Crippen LogP contribution is -2.16. The van der Waals surface area contributed by atoms with Crippen LogP contribution in [-0.4, -0.2) is 17.8 Å². The predicted octanol–water partition coefficient (Wildman–Crippen LogP) is 3.38. The quantitative estimate of drug-likeness (QED) is 0.600. The standard InChI is InChI=1S/C11H13ClO2S/c1-3-14-11(13)8(2)15-10-6-4-9(12)5-7-10/h4-8H,3H2,1-2H3/t8-/m0/s1. The van der Waals surface area contributed by atoms with Gasteiger partial charge in [0, 0.05) is 9.92 Å². The van der Waals surface area contributed by atoms with Crippen molar-refractivity contribution in [3.63, 3.8) is 0 Å². The van der Waals surface area contributed by atoms with Gasteiger partial charge in [0.2, 0.25) is 0 Å². The third-order valence-corrected chi connectivity index (χ3v) is 3.09. The molecule has 1 aromatic carbocycles. The highest BCUT2D eigenvalue weighted by molar-refractivity contribution is 8.00. The molecule has 82 valence electrons. The number of carbonyl (C=O) groups excluding carboxylic acids is 1. The normalized spacial score (nSPS) is 12.2. The van der Waals surface area contributed by atoms with E-state index in [0.717, 1.165) is 4.90 Å². The maximum atomic E-state index is 11.3. The van der Waals surface area contributed by atoms with E-state index in [1.54, 1.807) is 6.92 Å². The van der Waals surface area contributed by atoms with Crippen LogP contribution in [0, 0.1) is 0 Å². The van der Waals surface area contributed by atoms with Crippen molar-refractivity contribution in [3.05, 3.63) is 29.3 Å². The lowest BCUT2D eigenvalue weighted by molar-refractivity contribution is -0.142. The predicted molar refractivity (Wildman–Crippen MR) is 63.4 cm³/mol. The summed E-state index contributed by atoms with van der Waals surface area (Å²) in [5.41, 5.74) is 0.